The Balaban J connectivity index is 2.65. The lowest BCUT2D eigenvalue weighted by Gasteiger charge is -2.26. The van der Waals surface area contributed by atoms with Crippen LogP contribution in [0.1, 0.15) is 11.1 Å². The maximum absolute atomic E-state index is 13.3. The molecule has 0 atom stereocenters. The molecule has 0 bridgehead atoms. The van der Waals surface area contributed by atoms with E-state index >= 15 is 0 Å². The largest absolute Gasteiger partial charge is 0.466 e. The predicted molar refractivity (Wildman–Crippen MR) is 67.8 cm³/mol. The third kappa shape index (κ3) is 2.40. The molecule has 0 unspecified atom stereocenters. The van der Waals surface area contributed by atoms with Crippen molar-refractivity contribution < 1.29 is 23.4 Å². The van der Waals surface area contributed by atoms with E-state index in [9.17, 15) is 18.7 Å². The monoisotopic (exact) mass is 278 g/mol. The summed E-state index contributed by atoms with van der Waals surface area (Å²) in [6.45, 7) is 0. The van der Waals surface area contributed by atoms with Crippen LogP contribution in [0.15, 0.2) is 48.5 Å². The van der Waals surface area contributed by atoms with Crippen molar-refractivity contribution in [2.24, 2.45) is 0 Å². The number of carbonyl (C=O) groups is 1. The molecule has 0 heterocycles. The van der Waals surface area contributed by atoms with Gasteiger partial charge in [-0.2, -0.15) is 0 Å². The van der Waals surface area contributed by atoms with Gasteiger partial charge in [0.1, 0.15) is 11.6 Å². The first-order valence-electron chi connectivity index (χ1n) is 5.81. The Labute approximate surface area is 114 Å². The first-order valence-corrected chi connectivity index (χ1v) is 5.81. The average Bonchev–Trinajstić information content (AvgIpc) is 2.45. The number of methoxy groups -OCH3 is 1. The number of hydrogen-bond donors (Lipinski definition) is 1. The van der Waals surface area contributed by atoms with Crippen LogP contribution in [-0.2, 0) is 15.1 Å². The zero-order valence-electron chi connectivity index (χ0n) is 10.6. The fourth-order valence-electron chi connectivity index (χ4n) is 1.98. The summed E-state index contributed by atoms with van der Waals surface area (Å²) in [6.07, 6.45) is 0. The van der Waals surface area contributed by atoms with Crippen LogP contribution in [0.5, 0.6) is 0 Å². The lowest BCUT2D eigenvalue weighted by Crippen LogP contribution is -2.38. The highest BCUT2D eigenvalue weighted by Crippen LogP contribution is 2.31. The fraction of sp³-hybridized carbons (Fsp3) is 0.133. The van der Waals surface area contributed by atoms with Crippen LogP contribution >= 0.6 is 0 Å². The van der Waals surface area contributed by atoms with Gasteiger partial charge in [0.05, 0.1) is 7.11 Å². The highest BCUT2D eigenvalue weighted by Gasteiger charge is 2.41. The van der Waals surface area contributed by atoms with Crippen LogP contribution in [0, 0.1) is 11.6 Å². The van der Waals surface area contributed by atoms with Gasteiger partial charge >= 0.3 is 5.97 Å². The van der Waals surface area contributed by atoms with Crippen molar-refractivity contribution in [2.75, 3.05) is 7.11 Å². The summed E-state index contributed by atoms with van der Waals surface area (Å²) in [7, 11) is 1.09. The SMILES string of the molecule is COC(=O)C(O)(c1cccc(F)c1)c1cccc(F)c1. The normalized spacial score (nSPS) is 11.2. The molecule has 0 aromatic heterocycles. The Bertz CT molecular complexity index is 595. The molecule has 0 spiro atoms. The number of halogens is 2. The van der Waals surface area contributed by atoms with Crippen LogP contribution in [0.3, 0.4) is 0 Å². The molecule has 2 aromatic carbocycles. The highest BCUT2D eigenvalue weighted by atomic mass is 19.1. The van der Waals surface area contributed by atoms with Crippen LogP contribution < -0.4 is 0 Å². The molecule has 2 rings (SSSR count). The standard InChI is InChI=1S/C15H12F2O3/c1-20-14(18)15(19,10-4-2-6-12(16)8-10)11-5-3-7-13(17)9-11/h2-9,19H,1H3. The molecule has 0 radical (unpaired) electrons. The molecular weight excluding hydrogens is 266 g/mol. The summed E-state index contributed by atoms with van der Waals surface area (Å²) in [5.74, 6) is -2.27. The van der Waals surface area contributed by atoms with Crippen LogP contribution in [0.25, 0.3) is 0 Å². The number of aliphatic hydroxyl groups is 1. The number of hydrogen-bond acceptors (Lipinski definition) is 3. The van der Waals surface area contributed by atoms with Gasteiger partial charge in [-0.3, -0.25) is 0 Å². The maximum Gasteiger partial charge on any atom is 0.347 e. The van der Waals surface area contributed by atoms with Gasteiger partial charge in [0.2, 0.25) is 5.60 Å². The second-order valence-corrected chi connectivity index (χ2v) is 4.22. The minimum Gasteiger partial charge on any atom is -0.466 e. The van der Waals surface area contributed by atoms with Crippen molar-refractivity contribution in [2.45, 2.75) is 5.60 Å². The molecule has 20 heavy (non-hydrogen) atoms. The summed E-state index contributed by atoms with van der Waals surface area (Å²) in [5, 5.41) is 10.7. The lowest BCUT2D eigenvalue weighted by molar-refractivity contribution is -0.158. The Kier molecular flexibility index (Phi) is 3.81. The molecule has 2 aromatic rings. The van der Waals surface area contributed by atoms with Crippen LogP contribution in [0.4, 0.5) is 8.78 Å². The number of carbonyl (C=O) groups excluding carboxylic acids is 1. The zero-order chi connectivity index (χ0) is 14.8. The van der Waals surface area contributed by atoms with Gasteiger partial charge in [0.25, 0.3) is 0 Å². The van der Waals surface area contributed by atoms with Crippen molar-refractivity contribution >= 4 is 5.97 Å². The van der Waals surface area contributed by atoms with E-state index in [0.29, 0.717) is 0 Å². The van der Waals surface area contributed by atoms with Crippen LogP contribution in [-0.4, -0.2) is 18.2 Å². The molecule has 3 nitrogen and oxygen atoms in total. The summed E-state index contributed by atoms with van der Waals surface area (Å²) in [5.41, 5.74) is -2.33. The van der Waals surface area contributed by atoms with E-state index in [1.165, 1.54) is 36.4 Å². The molecule has 5 heteroatoms. The van der Waals surface area contributed by atoms with Crippen molar-refractivity contribution in [3.8, 4) is 0 Å². The Hall–Kier alpha value is -2.27. The Morgan fingerprint density at radius 1 is 1.05 bits per heavy atom. The maximum atomic E-state index is 13.3. The number of benzene rings is 2. The first kappa shape index (κ1) is 14.1. The molecule has 104 valence electrons. The zero-order valence-corrected chi connectivity index (χ0v) is 10.6. The fourth-order valence-corrected chi connectivity index (χ4v) is 1.98. The van der Waals surface area contributed by atoms with Gasteiger partial charge in [-0.25, -0.2) is 13.6 Å². The smallest absolute Gasteiger partial charge is 0.347 e. The Morgan fingerprint density at radius 3 is 1.85 bits per heavy atom. The first-order chi connectivity index (χ1) is 9.48. The number of rotatable bonds is 3. The van der Waals surface area contributed by atoms with E-state index in [-0.39, 0.29) is 11.1 Å². The van der Waals surface area contributed by atoms with E-state index in [4.69, 9.17) is 0 Å². The second kappa shape index (κ2) is 5.38. The summed E-state index contributed by atoms with van der Waals surface area (Å²) < 4.78 is 31.2. The molecule has 0 saturated heterocycles. The third-order valence-electron chi connectivity index (χ3n) is 2.97. The molecule has 0 aliphatic carbocycles. The molecule has 0 fully saturated rings. The second-order valence-electron chi connectivity index (χ2n) is 4.22. The van der Waals surface area contributed by atoms with Crippen molar-refractivity contribution in [3.63, 3.8) is 0 Å². The van der Waals surface area contributed by atoms with Crippen molar-refractivity contribution in [3.05, 3.63) is 71.3 Å². The van der Waals surface area contributed by atoms with Gasteiger partial charge < -0.3 is 9.84 Å². The minimum absolute atomic E-state index is 0.0325. The average molecular weight is 278 g/mol. The summed E-state index contributed by atoms with van der Waals surface area (Å²) >= 11 is 0. The molecule has 0 aliphatic heterocycles. The van der Waals surface area contributed by atoms with E-state index in [0.717, 1.165) is 19.2 Å². The van der Waals surface area contributed by atoms with Crippen molar-refractivity contribution in [1.82, 2.24) is 0 Å². The highest BCUT2D eigenvalue weighted by molar-refractivity contribution is 5.85. The van der Waals surface area contributed by atoms with E-state index in [1.807, 2.05) is 0 Å². The number of ether oxygens (including phenoxy) is 1. The summed E-state index contributed by atoms with van der Waals surface area (Å²) in [4.78, 5) is 11.9. The minimum atomic E-state index is -2.26. The van der Waals surface area contributed by atoms with E-state index < -0.39 is 23.2 Å². The molecule has 0 amide bonds. The van der Waals surface area contributed by atoms with Gasteiger partial charge in [0, 0.05) is 11.1 Å². The van der Waals surface area contributed by atoms with E-state index in [2.05, 4.69) is 4.74 Å². The van der Waals surface area contributed by atoms with Gasteiger partial charge in [-0.15, -0.1) is 0 Å². The molecule has 0 aliphatic rings. The number of esters is 1. The predicted octanol–water partition coefficient (Wildman–Crippen LogP) is 2.37. The van der Waals surface area contributed by atoms with Gasteiger partial charge in [-0.05, 0) is 24.3 Å². The lowest BCUT2D eigenvalue weighted by atomic mass is 9.86. The van der Waals surface area contributed by atoms with E-state index in [1.54, 1.807) is 0 Å². The van der Waals surface area contributed by atoms with Gasteiger partial charge in [-0.1, -0.05) is 24.3 Å². The molecule has 0 saturated carbocycles. The Morgan fingerprint density at radius 2 is 1.50 bits per heavy atom. The molecular formula is C15H12F2O3. The van der Waals surface area contributed by atoms with Crippen LogP contribution in [0.2, 0.25) is 0 Å². The van der Waals surface area contributed by atoms with Gasteiger partial charge in [0.15, 0.2) is 0 Å². The topological polar surface area (TPSA) is 46.5 Å². The quantitative estimate of drug-likeness (QED) is 0.877. The third-order valence-corrected chi connectivity index (χ3v) is 2.97. The summed E-state index contributed by atoms with van der Waals surface area (Å²) in [6, 6.07) is 9.77. The molecule has 1 N–H and O–H groups in total. The van der Waals surface area contributed by atoms with Crippen molar-refractivity contribution in [1.29, 1.82) is 0 Å².